The Kier molecular flexibility index (Phi) is 5.84. The molecule has 2 aromatic rings. The van der Waals surface area contributed by atoms with Crippen LogP contribution in [0.25, 0.3) is 0 Å². The van der Waals surface area contributed by atoms with Gasteiger partial charge < -0.3 is 5.32 Å². The minimum Gasteiger partial charge on any atom is -0.354 e. The van der Waals surface area contributed by atoms with Crippen LogP contribution in [0.4, 0.5) is 5.69 Å². The van der Waals surface area contributed by atoms with Gasteiger partial charge in [-0.3, -0.25) is 14.5 Å². The van der Waals surface area contributed by atoms with E-state index >= 15 is 0 Å². The molecule has 1 fully saturated rings. The molecule has 2 amide bonds. The molecule has 136 valence electrons. The molecule has 0 aromatic heterocycles. The molecular weight excluding hydrogens is 382 g/mol. The Hall–Kier alpha value is -2.75. The van der Waals surface area contributed by atoms with Gasteiger partial charge >= 0.3 is 0 Å². The Balaban J connectivity index is 2.05. The number of amides is 2. The van der Waals surface area contributed by atoms with E-state index in [9.17, 15) is 14.9 Å². The smallest absolute Gasteiger partial charge is 0.264 e. The second-order valence-electron chi connectivity index (χ2n) is 5.78. The van der Waals surface area contributed by atoms with Crippen LogP contribution in [-0.2, 0) is 16.0 Å². The minimum absolute atomic E-state index is 0.0821. The van der Waals surface area contributed by atoms with E-state index < -0.39 is 11.2 Å². The number of likely N-dealkylation sites (N-methyl/N-ethyl adjacent to an activating group) is 1. The third-order valence-corrected chi connectivity index (χ3v) is 5.74. The summed E-state index contributed by atoms with van der Waals surface area (Å²) in [6, 6.07) is 18.3. The number of benzene rings is 2. The van der Waals surface area contributed by atoms with Gasteiger partial charge in [0.15, 0.2) is 0 Å². The first kappa shape index (κ1) is 19.0. The average molecular weight is 398 g/mol. The molecule has 0 saturated carbocycles. The fraction of sp³-hybridized carbons (Fsp3) is 0.150. The molecule has 0 aliphatic carbocycles. The summed E-state index contributed by atoms with van der Waals surface area (Å²) in [5.41, 5.74) is 1.38. The number of carbonyl (C=O) groups is 2. The zero-order valence-electron chi connectivity index (χ0n) is 14.5. The van der Waals surface area contributed by atoms with E-state index in [1.807, 2.05) is 30.3 Å². The summed E-state index contributed by atoms with van der Waals surface area (Å²) in [6.45, 7) is 0. The molecule has 2 aromatic carbocycles. The van der Waals surface area contributed by atoms with Gasteiger partial charge in [0.1, 0.15) is 16.7 Å². The monoisotopic (exact) mass is 397 g/mol. The molecule has 5 nitrogen and oxygen atoms in total. The molecule has 1 saturated heterocycles. The molecule has 7 heteroatoms. The molecule has 1 heterocycles. The highest BCUT2D eigenvalue weighted by molar-refractivity contribution is 8.05. The molecule has 1 aliphatic rings. The molecule has 1 N–H and O–H groups in total. The first-order chi connectivity index (χ1) is 13.1. The summed E-state index contributed by atoms with van der Waals surface area (Å²) < 4.78 is 0. The molecule has 0 bridgehead atoms. The Bertz CT molecular complexity index is 953. The fourth-order valence-corrected chi connectivity index (χ4v) is 4.30. The lowest BCUT2D eigenvalue weighted by atomic mass is 10.1. The van der Waals surface area contributed by atoms with E-state index in [-0.39, 0.29) is 11.5 Å². The fourth-order valence-electron chi connectivity index (χ4n) is 2.79. The van der Waals surface area contributed by atoms with Crippen molar-refractivity contribution in [2.24, 2.45) is 0 Å². The van der Waals surface area contributed by atoms with Gasteiger partial charge in [0.2, 0.25) is 5.91 Å². The molecule has 27 heavy (non-hydrogen) atoms. The van der Waals surface area contributed by atoms with Gasteiger partial charge in [-0.25, -0.2) is 0 Å². The third-order valence-electron chi connectivity index (χ3n) is 4.11. The lowest BCUT2D eigenvalue weighted by molar-refractivity contribution is -0.117. The number of rotatable bonds is 4. The van der Waals surface area contributed by atoms with Crippen molar-refractivity contribution in [2.75, 3.05) is 11.9 Å². The van der Waals surface area contributed by atoms with Crippen molar-refractivity contribution in [3.8, 4) is 6.07 Å². The quantitative estimate of drug-likeness (QED) is 0.632. The number of halogens is 1. The zero-order chi connectivity index (χ0) is 19.4. The Labute approximate surface area is 166 Å². The van der Waals surface area contributed by atoms with E-state index in [1.165, 1.54) is 23.7 Å². The molecule has 0 radical (unpaired) electrons. The van der Waals surface area contributed by atoms with Crippen molar-refractivity contribution in [3.63, 3.8) is 0 Å². The van der Waals surface area contributed by atoms with Crippen molar-refractivity contribution < 1.29 is 9.59 Å². The lowest BCUT2D eigenvalue weighted by Gasteiger charge is -2.18. The number of carbonyl (C=O) groups excluding carboxylic acids is 2. The third kappa shape index (κ3) is 3.85. The van der Waals surface area contributed by atoms with Crippen LogP contribution in [-0.4, -0.2) is 24.1 Å². The van der Waals surface area contributed by atoms with E-state index in [2.05, 4.69) is 5.32 Å². The average Bonchev–Trinajstić information content (AvgIpc) is 3.00. The van der Waals surface area contributed by atoms with Crippen molar-refractivity contribution >= 4 is 40.9 Å². The van der Waals surface area contributed by atoms with Gasteiger partial charge in [-0.1, -0.05) is 59.8 Å². The van der Waals surface area contributed by atoms with Crippen LogP contribution in [0, 0.1) is 11.3 Å². The molecule has 0 unspecified atom stereocenters. The molecule has 0 spiro atoms. The van der Waals surface area contributed by atoms with Gasteiger partial charge in [-0.15, -0.1) is 0 Å². The summed E-state index contributed by atoms with van der Waals surface area (Å²) in [7, 11) is 1.45. The van der Waals surface area contributed by atoms with Gasteiger partial charge in [0.05, 0.1) is 5.25 Å². The van der Waals surface area contributed by atoms with Crippen molar-refractivity contribution in [2.45, 2.75) is 11.7 Å². The number of nitriles is 1. The summed E-state index contributed by atoms with van der Waals surface area (Å²) in [4.78, 5) is 26.8. The van der Waals surface area contributed by atoms with E-state index in [0.29, 0.717) is 22.2 Å². The van der Waals surface area contributed by atoms with Crippen LogP contribution in [0.3, 0.4) is 0 Å². The second kappa shape index (κ2) is 8.30. The number of nitrogens with one attached hydrogen (secondary N) is 1. The lowest BCUT2D eigenvalue weighted by Crippen LogP contribution is -2.31. The van der Waals surface area contributed by atoms with Crippen LogP contribution >= 0.6 is 23.4 Å². The molecule has 3 rings (SSSR count). The van der Waals surface area contributed by atoms with E-state index in [1.54, 1.807) is 30.3 Å². The van der Waals surface area contributed by atoms with Crippen molar-refractivity contribution in [1.29, 1.82) is 5.26 Å². The highest BCUT2D eigenvalue weighted by atomic mass is 35.5. The highest BCUT2D eigenvalue weighted by Gasteiger charge is 2.40. The summed E-state index contributed by atoms with van der Waals surface area (Å²) in [5, 5.41) is 12.4. The van der Waals surface area contributed by atoms with Gasteiger partial charge in [-0.05, 0) is 30.2 Å². The van der Waals surface area contributed by atoms with Crippen LogP contribution in [0.1, 0.15) is 5.56 Å². The number of para-hydroxylation sites is 1. The maximum Gasteiger partial charge on any atom is 0.264 e. The maximum atomic E-state index is 13.2. The Morgan fingerprint density at radius 2 is 1.89 bits per heavy atom. The molecular formula is C20H16ClN3O2S. The van der Waals surface area contributed by atoms with Gasteiger partial charge in [0, 0.05) is 17.8 Å². The topological polar surface area (TPSA) is 73.2 Å². The summed E-state index contributed by atoms with van der Waals surface area (Å²) >= 11 is 7.46. The standard InChI is InChI=1S/C20H16ClN3O2S/c1-23-18(25)15(12-22)20-24(14-8-3-2-4-9-14)19(26)17(27-20)11-13-7-5-6-10-16(13)21/h2-10,17H,11H2,1H3,(H,23,25)/b20-15-/t17-/m0/s1. The maximum absolute atomic E-state index is 13.2. The predicted molar refractivity (Wildman–Crippen MR) is 107 cm³/mol. The van der Waals surface area contributed by atoms with Crippen molar-refractivity contribution in [3.05, 3.63) is 75.8 Å². The zero-order valence-corrected chi connectivity index (χ0v) is 16.1. The van der Waals surface area contributed by atoms with Gasteiger partial charge in [0.25, 0.3) is 5.91 Å². The first-order valence-corrected chi connectivity index (χ1v) is 9.48. The van der Waals surface area contributed by atoms with Gasteiger partial charge in [-0.2, -0.15) is 5.26 Å². The van der Waals surface area contributed by atoms with Crippen LogP contribution in [0.2, 0.25) is 5.02 Å². The van der Waals surface area contributed by atoms with Crippen LogP contribution in [0.5, 0.6) is 0 Å². The Morgan fingerprint density at radius 1 is 1.22 bits per heavy atom. The summed E-state index contributed by atoms with van der Waals surface area (Å²) in [5.74, 6) is -0.704. The van der Waals surface area contributed by atoms with E-state index in [0.717, 1.165) is 5.56 Å². The normalized spacial score (nSPS) is 18.2. The summed E-state index contributed by atoms with van der Waals surface area (Å²) in [6.07, 6.45) is 0.405. The minimum atomic E-state index is -0.521. The highest BCUT2D eigenvalue weighted by Crippen LogP contribution is 2.42. The molecule has 1 aliphatic heterocycles. The number of anilines is 1. The second-order valence-corrected chi connectivity index (χ2v) is 7.38. The van der Waals surface area contributed by atoms with Crippen LogP contribution in [0.15, 0.2) is 65.2 Å². The van der Waals surface area contributed by atoms with Crippen molar-refractivity contribution in [1.82, 2.24) is 5.32 Å². The number of thioether (sulfide) groups is 1. The first-order valence-electron chi connectivity index (χ1n) is 8.22. The van der Waals surface area contributed by atoms with Crippen LogP contribution < -0.4 is 10.2 Å². The molecule has 1 atom stereocenters. The number of hydrogen-bond donors (Lipinski definition) is 1. The van der Waals surface area contributed by atoms with E-state index in [4.69, 9.17) is 11.6 Å². The predicted octanol–water partition coefficient (Wildman–Crippen LogP) is 3.51. The SMILES string of the molecule is CNC(=O)/C(C#N)=C1\S[C@@H](Cc2ccccc2Cl)C(=O)N1c1ccccc1. The Morgan fingerprint density at radius 3 is 2.52 bits per heavy atom. The number of nitrogens with zero attached hydrogens (tertiary/aromatic N) is 2. The number of hydrogen-bond acceptors (Lipinski definition) is 4. The largest absolute Gasteiger partial charge is 0.354 e.